The van der Waals surface area contributed by atoms with Crippen LogP contribution in [0.2, 0.25) is 0 Å². The average molecular weight is 314 g/mol. The van der Waals surface area contributed by atoms with Crippen molar-refractivity contribution < 1.29 is 8.42 Å². The number of nitrogens with one attached hydrogen (secondary N) is 2. The zero-order valence-corrected chi connectivity index (χ0v) is 13.2. The van der Waals surface area contributed by atoms with Crippen LogP contribution in [0.5, 0.6) is 0 Å². The van der Waals surface area contributed by atoms with Crippen molar-refractivity contribution in [3.05, 3.63) is 60.3 Å². The Hall–Kier alpha value is -2.11. The smallest absolute Gasteiger partial charge is 0.208 e. The van der Waals surface area contributed by atoms with E-state index in [0.717, 1.165) is 23.9 Å². The highest BCUT2D eigenvalue weighted by Crippen LogP contribution is 2.28. The van der Waals surface area contributed by atoms with Crippen LogP contribution in [0.4, 0.5) is 0 Å². The number of H-pyrrole nitrogens is 1. The Morgan fingerprint density at radius 3 is 2.59 bits per heavy atom. The molecule has 0 aliphatic rings. The molecule has 2 N–H and O–H groups in total. The summed E-state index contributed by atoms with van der Waals surface area (Å²) in [4.78, 5) is 3.72. The molecule has 114 valence electrons. The molecule has 0 aliphatic carbocycles. The van der Waals surface area contributed by atoms with Crippen molar-refractivity contribution in [2.24, 2.45) is 0 Å². The van der Waals surface area contributed by atoms with Gasteiger partial charge in [-0.1, -0.05) is 30.3 Å². The van der Waals surface area contributed by atoms with E-state index in [2.05, 4.69) is 10.3 Å². The van der Waals surface area contributed by atoms with E-state index >= 15 is 0 Å². The molecule has 0 fully saturated rings. The maximum Gasteiger partial charge on any atom is 0.208 e. The molecule has 0 saturated carbocycles. The Bertz CT molecular complexity index is 883. The fourth-order valence-corrected chi connectivity index (χ4v) is 3.97. The second-order valence-corrected chi connectivity index (χ2v) is 7.12. The minimum atomic E-state index is -3.50. The fourth-order valence-electron chi connectivity index (χ4n) is 2.52. The first-order valence-electron chi connectivity index (χ1n) is 7.17. The first kappa shape index (κ1) is 14.8. The summed E-state index contributed by atoms with van der Waals surface area (Å²) in [6.45, 7) is 0.890. The number of benzene rings is 2. The molecule has 5 heteroatoms. The summed E-state index contributed by atoms with van der Waals surface area (Å²) in [7, 11) is -1.58. The van der Waals surface area contributed by atoms with Crippen molar-refractivity contribution in [2.75, 3.05) is 13.6 Å². The van der Waals surface area contributed by atoms with E-state index in [1.54, 1.807) is 30.5 Å². The number of fused-ring (bicyclic) bond motifs is 1. The van der Waals surface area contributed by atoms with Gasteiger partial charge in [0.25, 0.3) is 0 Å². The van der Waals surface area contributed by atoms with Crippen molar-refractivity contribution in [3.63, 3.8) is 0 Å². The van der Waals surface area contributed by atoms with Gasteiger partial charge in [0.05, 0.1) is 9.79 Å². The van der Waals surface area contributed by atoms with Gasteiger partial charge in [0, 0.05) is 17.1 Å². The number of hydrogen-bond donors (Lipinski definition) is 2. The van der Waals surface area contributed by atoms with E-state index in [0.29, 0.717) is 9.79 Å². The van der Waals surface area contributed by atoms with Gasteiger partial charge in [-0.3, -0.25) is 0 Å². The van der Waals surface area contributed by atoms with Crippen LogP contribution in [0.15, 0.2) is 64.5 Å². The normalized spacial score (nSPS) is 11.9. The zero-order chi connectivity index (χ0) is 15.6. The van der Waals surface area contributed by atoms with E-state index in [-0.39, 0.29) is 0 Å². The lowest BCUT2D eigenvalue weighted by atomic mass is 10.1. The number of rotatable bonds is 5. The predicted octanol–water partition coefficient (Wildman–Crippen LogP) is 2.76. The van der Waals surface area contributed by atoms with Crippen molar-refractivity contribution in [1.82, 2.24) is 10.3 Å². The fraction of sp³-hybridized carbons (Fsp3) is 0.176. The first-order valence-corrected chi connectivity index (χ1v) is 8.66. The molecular formula is C17H18N2O2S. The van der Waals surface area contributed by atoms with E-state index in [9.17, 15) is 8.42 Å². The molecule has 0 unspecified atom stereocenters. The quantitative estimate of drug-likeness (QED) is 0.761. The largest absolute Gasteiger partial charge is 0.360 e. The molecule has 1 heterocycles. The van der Waals surface area contributed by atoms with Crippen molar-refractivity contribution in [2.45, 2.75) is 16.2 Å². The van der Waals surface area contributed by atoms with Crippen LogP contribution in [-0.4, -0.2) is 27.0 Å². The van der Waals surface area contributed by atoms with Crippen LogP contribution in [-0.2, 0) is 16.3 Å². The van der Waals surface area contributed by atoms with Gasteiger partial charge in [0.2, 0.25) is 9.84 Å². The summed E-state index contributed by atoms with van der Waals surface area (Å²) in [5.74, 6) is 0. The molecule has 1 aromatic heterocycles. The lowest BCUT2D eigenvalue weighted by molar-refractivity contribution is 0.597. The molecule has 3 aromatic rings. The third kappa shape index (κ3) is 2.65. The molecule has 22 heavy (non-hydrogen) atoms. The maximum absolute atomic E-state index is 12.7. The number of aromatic amines is 1. The molecule has 2 aromatic carbocycles. The topological polar surface area (TPSA) is 62.0 Å². The van der Waals surface area contributed by atoms with Gasteiger partial charge in [-0.2, -0.15) is 0 Å². The Kier molecular flexibility index (Phi) is 4.00. The molecule has 4 nitrogen and oxygen atoms in total. The van der Waals surface area contributed by atoms with Gasteiger partial charge < -0.3 is 10.3 Å². The van der Waals surface area contributed by atoms with E-state index in [1.165, 1.54) is 5.56 Å². The standard InChI is InChI=1S/C17H18N2O2S/c1-18-10-9-13-7-8-15-16(11-13)19-12-17(15)22(20,21)14-5-3-2-4-6-14/h2-8,11-12,18-19H,9-10H2,1H3. The lowest BCUT2D eigenvalue weighted by Gasteiger charge is -2.04. The Morgan fingerprint density at radius 2 is 1.86 bits per heavy atom. The summed E-state index contributed by atoms with van der Waals surface area (Å²) >= 11 is 0. The van der Waals surface area contributed by atoms with Gasteiger partial charge in [-0.15, -0.1) is 0 Å². The van der Waals surface area contributed by atoms with Gasteiger partial charge in [0.15, 0.2) is 0 Å². The van der Waals surface area contributed by atoms with Gasteiger partial charge in [0.1, 0.15) is 0 Å². The molecule has 3 rings (SSSR count). The van der Waals surface area contributed by atoms with Gasteiger partial charge in [-0.05, 0) is 43.8 Å². The summed E-state index contributed by atoms with van der Waals surface area (Å²) in [5, 5.41) is 3.84. The number of sulfone groups is 1. The molecule has 0 amide bonds. The van der Waals surface area contributed by atoms with Gasteiger partial charge in [-0.25, -0.2) is 8.42 Å². The van der Waals surface area contributed by atoms with Crippen LogP contribution in [0.3, 0.4) is 0 Å². The molecule has 0 spiro atoms. The monoisotopic (exact) mass is 314 g/mol. The molecule has 0 bridgehead atoms. The highest BCUT2D eigenvalue weighted by atomic mass is 32.2. The Morgan fingerprint density at radius 1 is 1.09 bits per heavy atom. The summed E-state index contributed by atoms with van der Waals surface area (Å²) < 4.78 is 25.5. The molecule has 0 saturated heterocycles. The first-order chi connectivity index (χ1) is 10.6. The van der Waals surface area contributed by atoms with Gasteiger partial charge >= 0.3 is 0 Å². The van der Waals surface area contributed by atoms with Crippen molar-refractivity contribution in [1.29, 1.82) is 0 Å². The van der Waals surface area contributed by atoms with E-state index < -0.39 is 9.84 Å². The summed E-state index contributed by atoms with van der Waals surface area (Å²) in [5.41, 5.74) is 2.02. The number of aromatic nitrogens is 1. The SMILES string of the molecule is CNCCc1ccc2c(S(=O)(=O)c3ccccc3)c[nH]c2c1. The second kappa shape index (κ2) is 5.94. The number of hydrogen-bond acceptors (Lipinski definition) is 3. The highest BCUT2D eigenvalue weighted by Gasteiger charge is 2.21. The van der Waals surface area contributed by atoms with Crippen LogP contribution in [0, 0.1) is 0 Å². The minimum Gasteiger partial charge on any atom is -0.360 e. The summed E-state index contributed by atoms with van der Waals surface area (Å²) in [6.07, 6.45) is 2.49. The Balaban J connectivity index is 2.05. The molecular weight excluding hydrogens is 296 g/mol. The van der Waals surface area contributed by atoms with E-state index in [1.807, 2.05) is 31.3 Å². The van der Waals surface area contributed by atoms with Crippen molar-refractivity contribution in [3.8, 4) is 0 Å². The number of likely N-dealkylation sites (N-methyl/N-ethyl adjacent to an activating group) is 1. The third-order valence-corrected chi connectivity index (χ3v) is 5.52. The van der Waals surface area contributed by atoms with Crippen LogP contribution >= 0.6 is 0 Å². The predicted molar refractivity (Wildman–Crippen MR) is 87.8 cm³/mol. The second-order valence-electron chi connectivity index (χ2n) is 5.20. The average Bonchev–Trinajstić information content (AvgIpc) is 2.97. The Labute approximate surface area is 130 Å². The maximum atomic E-state index is 12.7. The minimum absolute atomic E-state index is 0.315. The lowest BCUT2D eigenvalue weighted by Crippen LogP contribution is -2.10. The molecule has 0 aliphatic heterocycles. The van der Waals surface area contributed by atoms with Crippen LogP contribution < -0.4 is 5.32 Å². The molecule has 0 atom stereocenters. The third-order valence-electron chi connectivity index (χ3n) is 3.71. The van der Waals surface area contributed by atoms with Crippen LogP contribution in [0.1, 0.15) is 5.56 Å². The zero-order valence-electron chi connectivity index (χ0n) is 12.3. The molecule has 0 radical (unpaired) electrons. The van der Waals surface area contributed by atoms with Crippen molar-refractivity contribution >= 4 is 20.7 Å². The highest BCUT2D eigenvalue weighted by molar-refractivity contribution is 7.91. The summed E-state index contributed by atoms with van der Waals surface area (Å²) in [6, 6.07) is 14.4. The van der Waals surface area contributed by atoms with Crippen LogP contribution in [0.25, 0.3) is 10.9 Å². The van der Waals surface area contributed by atoms with E-state index in [4.69, 9.17) is 0 Å².